The highest BCUT2D eigenvalue weighted by atomic mass is 19.3. The summed E-state index contributed by atoms with van der Waals surface area (Å²) in [5.41, 5.74) is 9.20. The van der Waals surface area contributed by atoms with E-state index in [4.69, 9.17) is 23.5 Å². The van der Waals surface area contributed by atoms with Crippen molar-refractivity contribution in [1.29, 1.82) is 0 Å². The lowest BCUT2D eigenvalue weighted by atomic mass is 9.91. The zero-order valence-corrected chi connectivity index (χ0v) is 28.8. The molecule has 1 unspecified atom stereocenters. The highest BCUT2D eigenvalue weighted by molar-refractivity contribution is 5.85. The second-order valence-corrected chi connectivity index (χ2v) is 13.7. The van der Waals surface area contributed by atoms with E-state index in [0.29, 0.717) is 47.8 Å². The SMILES string of the molecule is Cc1c(-c2nc3cc(CN4CCC4CO)ccc3o2)cccc1-c1cccc(-c2nc3cc(CN4CCC[C@H]4C(=O)O)c(OC(F)F)cc3o2)c1C. The van der Waals surface area contributed by atoms with Crippen LogP contribution in [0.2, 0.25) is 0 Å². The number of fused-ring (bicyclic) bond motifs is 2. The van der Waals surface area contributed by atoms with E-state index in [9.17, 15) is 23.8 Å². The summed E-state index contributed by atoms with van der Waals surface area (Å²) < 4.78 is 44.2. The lowest BCUT2D eigenvalue weighted by Crippen LogP contribution is -2.48. The summed E-state index contributed by atoms with van der Waals surface area (Å²) in [6.07, 6.45) is 2.21. The van der Waals surface area contributed by atoms with Gasteiger partial charge in [-0.1, -0.05) is 30.3 Å². The Labute approximate surface area is 298 Å². The Morgan fingerprint density at radius 2 is 1.50 bits per heavy atom. The number of aromatic nitrogens is 2. The van der Waals surface area contributed by atoms with Gasteiger partial charge >= 0.3 is 12.6 Å². The van der Waals surface area contributed by atoms with Gasteiger partial charge in [0.15, 0.2) is 11.2 Å². The topological polar surface area (TPSA) is 125 Å². The maximum Gasteiger partial charge on any atom is 0.387 e. The van der Waals surface area contributed by atoms with E-state index in [0.717, 1.165) is 64.0 Å². The summed E-state index contributed by atoms with van der Waals surface area (Å²) in [4.78, 5) is 25.4. The van der Waals surface area contributed by atoms with Crippen LogP contribution in [0, 0.1) is 13.8 Å². The number of likely N-dealkylation sites (tertiary alicyclic amines) is 2. The van der Waals surface area contributed by atoms with Gasteiger partial charge in [0.25, 0.3) is 0 Å². The summed E-state index contributed by atoms with van der Waals surface area (Å²) in [6, 6.07) is 20.5. The number of nitrogens with zero attached hydrogens (tertiary/aromatic N) is 4. The van der Waals surface area contributed by atoms with Crippen LogP contribution >= 0.6 is 0 Å². The molecule has 2 fully saturated rings. The van der Waals surface area contributed by atoms with Gasteiger partial charge in [-0.15, -0.1) is 0 Å². The summed E-state index contributed by atoms with van der Waals surface area (Å²) in [7, 11) is 0. The summed E-state index contributed by atoms with van der Waals surface area (Å²) >= 11 is 0. The molecule has 2 N–H and O–H groups in total. The third-order valence-electron chi connectivity index (χ3n) is 10.5. The largest absolute Gasteiger partial charge is 0.480 e. The standard InChI is InChI=1S/C40H38F2N4O6/c1-22-27(6-3-8-29(22)37-43-31-16-24(11-12-34(31)50-37)19-45-15-13-26(45)21-47)28-7-4-9-30(23(28)2)38-44-32-17-25(20-46-14-5-10-33(46)39(48)49)35(52-40(41)42)18-36(32)51-38/h3-4,6-9,11-12,16-18,26,33,40,47H,5,10,13-15,19-21H2,1-2H3,(H,48,49)/t26?,33-/m0/s1. The molecule has 268 valence electrons. The molecule has 0 aliphatic carbocycles. The van der Waals surface area contributed by atoms with E-state index in [2.05, 4.69) is 4.90 Å². The molecule has 0 bridgehead atoms. The fourth-order valence-electron chi connectivity index (χ4n) is 7.61. The number of hydrogen-bond donors (Lipinski definition) is 2. The normalized spacial score (nSPS) is 18.1. The van der Waals surface area contributed by atoms with Crippen LogP contribution in [0.4, 0.5) is 8.78 Å². The summed E-state index contributed by atoms with van der Waals surface area (Å²) in [6.45, 7) is 3.53. The third-order valence-corrected chi connectivity index (χ3v) is 10.5. The Balaban J connectivity index is 1.11. The monoisotopic (exact) mass is 708 g/mol. The Kier molecular flexibility index (Phi) is 8.98. The molecule has 4 heterocycles. The molecular formula is C40H38F2N4O6. The first kappa shape index (κ1) is 33.9. The number of carboxylic acids is 1. The highest BCUT2D eigenvalue weighted by Gasteiger charge is 2.32. The van der Waals surface area contributed by atoms with Crippen LogP contribution < -0.4 is 4.74 Å². The number of halogens is 2. The summed E-state index contributed by atoms with van der Waals surface area (Å²) in [5, 5.41) is 19.2. The number of aliphatic hydroxyl groups is 1. The quantitative estimate of drug-likeness (QED) is 0.138. The van der Waals surface area contributed by atoms with Gasteiger partial charge < -0.3 is 23.8 Å². The van der Waals surface area contributed by atoms with Crippen LogP contribution in [-0.2, 0) is 17.9 Å². The molecule has 12 heteroatoms. The van der Waals surface area contributed by atoms with Crippen molar-refractivity contribution < 1.29 is 37.4 Å². The molecule has 52 heavy (non-hydrogen) atoms. The van der Waals surface area contributed by atoms with Gasteiger partial charge in [-0.2, -0.15) is 8.78 Å². The smallest absolute Gasteiger partial charge is 0.387 e. The lowest BCUT2D eigenvalue weighted by Gasteiger charge is -2.39. The maximum atomic E-state index is 13.5. The third kappa shape index (κ3) is 6.31. The first-order chi connectivity index (χ1) is 25.2. The van der Waals surface area contributed by atoms with Crippen molar-refractivity contribution in [3.05, 3.63) is 89.0 Å². The molecule has 0 saturated carbocycles. The van der Waals surface area contributed by atoms with Crippen LogP contribution in [-0.4, -0.2) is 74.3 Å². The molecule has 4 aromatic carbocycles. The zero-order chi connectivity index (χ0) is 36.1. The average Bonchev–Trinajstić information content (AvgIpc) is 3.85. The van der Waals surface area contributed by atoms with Gasteiger partial charge in [0.1, 0.15) is 22.8 Å². The maximum absolute atomic E-state index is 13.5. The van der Waals surface area contributed by atoms with E-state index in [-0.39, 0.29) is 30.5 Å². The van der Waals surface area contributed by atoms with Crippen molar-refractivity contribution in [3.8, 4) is 39.8 Å². The highest BCUT2D eigenvalue weighted by Crippen LogP contribution is 2.39. The van der Waals surface area contributed by atoms with Crippen LogP contribution in [0.15, 0.2) is 75.6 Å². The van der Waals surface area contributed by atoms with E-state index < -0.39 is 18.6 Å². The van der Waals surface area contributed by atoms with Gasteiger partial charge in [-0.3, -0.25) is 14.6 Å². The van der Waals surface area contributed by atoms with E-state index >= 15 is 0 Å². The first-order valence-corrected chi connectivity index (χ1v) is 17.5. The van der Waals surface area contributed by atoms with Crippen molar-refractivity contribution in [2.45, 2.75) is 64.9 Å². The van der Waals surface area contributed by atoms with Crippen molar-refractivity contribution in [2.75, 3.05) is 19.7 Å². The number of oxazole rings is 2. The fourth-order valence-corrected chi connectivity index (χ4v) is 7.61. The number of rotatable bonds is 11. The van der Waals surface area contributed by atoms with Crippen LogP contribution in [0.25, 0.3) is 56.2 Å². The van der Waals surface area contributed by atoms with E-state index in [1.807, 2.05) is 68.4 Å². The molecule has 0 spiro atoms. The number of aliphatic hydroxyl groups excluding tert-OH is 1. The van der Waals surface area contributed by atoms with Crippen LogP contribution in [0.5, 0.6) is 5.75 Å². The van der Waals surface area contributed by atoms with Gasteiger partial charge in [-0.05, 0) is 97.8 Å². The Bertz CT molecular complexity index is 2300. The van der Waals surface area contributed by atoms with Crippen molar-refractivity contribution in [1.82, 2.24) is 19.8 Å². The molecule has 10 nitrogen and oxygen atoms in total. The van der Waals surface area contributed by atoms with Gasteiger partial charge in [0.05, 0.1) is 6.61 Å². The minimum absolute atomic E-state index is 0.0685. The molecule has 2 aliphatic rings. The van der Waals surface area contributed by atoms with Gasteiger partial charge in [0.2, 0.25) is 11.8 Å². The van der Waals surface area contributed by atoms with Crippen molar-refractivity contribution >= 4 is 28.2 Å². The lowest BCUT2D eigenvalue weighted by molar-refractivity contribution is -0.142. The number of alkyl halides is 2. The van der Waals surface area contributed by atoms with E-state index in [1.165, 1.54) is 6.07 Å². The molecule has 2 saturated heterocycles. The first-order valence-electron chi connectivity index (χ1n) is 17.5. The number of ether oxygens (including phenoxy) is 1. The zero-order valence-electron chi connectivity index (χ0n) is 28.8. The minimum Gasteiger partial charge on any atom is -0.480 e. The van der Waals surface area contributed by atoms with Crippen molar-refractivity contribution in [3.63, 3.8) is 0 Å². The number of hydrogen-bond acceptors (Lipinski definition) is 9. The second kappa shape index (κ2) is 13.8. The van der Waals surface area contributed by atoms with Crippen molar-refractivity contribution in [2.24, 2.45) is 0 Å². The predicted molar refractivity (Wildman–Crippen MR) is 191 cm³/mol. The second-order valence-electron chi connectivity index (χ2n) is 13.7. The average molecular weight is 709 g/mol. The predicted octanol–water partition coefficient (Wildman–Crippen LogP) is 7.80. The van der Waals surface area contributed by atoms with Gasteiger partial charge in [-0.25, -0.2) is 9.97 Å². The molecule has 0 amide bonds. The van der Waals surface area contributed by atoms with Crippen LogP contribution in [0.1, 0.15) is 41.5 Å². The number of benzene rings is 4. The molecule has 8 rings (SSSR count). The van der Waals surface area contributed by atoms with E-state index in [1.54, 1.807) is 11.0 Å². The minimum atomic E-state index is -3.06. The number of aliphatic carboxylic acids is 1. The molecule has 2 atom stereocenters. The summed E-state index contributed by atoms with van der Waals surface area (Å²) in [5.74, 6) is -0.154. The fraction of sp³-hybridized carbons (Fsp3) is 0.325. The number of carbonyl (C=O) groups is 1. The Morgan fingerprint density at radius 3 is 2.12 bits per heavy atom. The molecular weight excluding hydrogens is 670 g/mol. The molecule has 2 aliphatic heterocycles. The Hall–Kier alpha value is -5.17. The van der Waals surface area contributed by atoms with Gasteiger partial charge in [0, 0.05) is 48.4 Å². The number of carboxylic acid groups (broad SMARTS) is 1. The molecule has 2 aromatic heterocycles. The molecule has 6 aromatic rings. The molecule has 0 radical (unpaired) electrons. The van der Waals surface area contributed by atoms with Crippen LogP contribution in [0.3, 0.4) is 0 Å². The Morgan fingerprint density at radius 1 is 0.846 bits per heavy atom.